The lowest BCUT2D eigenvalue weighted by Crippen LogP contribution is -2.38. The molecule has 1 aliphatic rings. The Labute approximate surface area is 156 Å². The molecule has 1 aromatic carbocycles. The summed E-state index contributed by atoms with van der Waals surface area (Å²) in [4.78, 5) is 3.70. The second kappa shape index (κ2) is 6.55. The number of hydrogen-bond donors (Lipinski definition) is 0. The SMILES string of the molecule is CC(C)(C)n1nnnc1C(c1ccccc1F)N1CCc2sccc2C1. The highest BCUT2D eigenvalue weighted by atomic mass is 32.1. The Morgan fingerprint density at radius 2 is 2.00 bits per heavy atom. The van der Waals surface area contributed by atoms with E-state index in [1.807, 2.05) is 16.8 Å². The molecule has 0 saturated carbocycles. The predicted molar refractivity (Wildman–Crippen MR) is 99.5 cm³/mol. The first-order valence-electron chi connectivity index (χ1n) is 8.77. The van der Waals surface area contributed by atoms with E-state index in [0.717, 1.165) is 19.5 Å². The van der Waals surface area contributed by atoms with Gasteiger partial charge in [-0.2, -0.15) is 0 Å². The van der Waals surface area contributed by atoms with Crippen molar-refractivity contribution in [3.63, 3.8) is 0 Å². The summed E-state index contributed by atoms with van der Waals surface area (Å²) in [6, 6.07) is 8.78. The van der Waals surface area contributed by atoms with Crippen LogP contribution in [0.4, 0.5) is 4.39 Å². The maximum Gasteiger partial charge on any atom is 0.173 e. The van der Waals surface area contributed by atoms with Crippen LogP contribution in [0.3, 0.4) is 0 Å². The summed E-state index contributed by atoms with van der Waals surface area (Å²) >= 11 is 1.80. The fraction of sp³-hybridized carbons (Fsp3) is 0.421. The van der Waals surface area contributed by atoms with Gasteiger partial charge in [-0.1, -0.05) is 18.2 Å². The van der Waals surface area contributed by atoms with Crippen LogP contribution >= 0.6 is 11.3 Å². The van der Waals surface area contributed by atoms with Crippen molar-refractivity contribution in [2.75, 3.05) is 6.54 Å². The normalized spacial score (nSPS) is 16.5. The van der Waals surface area contributed by atoms with E-state index in [1.54, 1.807) is 17.4 Å². The maximum absolute atomic E-state index is 14.7. The summed E-state index contributed by atoms with van der Waals surface area (Å²) in [7, 11) is 0. The predicted octanol–water partition coefficient (Wildman–Crippen LogP) is 3.78. The summed E-state index contributed by atoms with van der Waals surface area (Å²) in [6.07, 6.45) is 0.967. The quantitative estimate of drug-likeness (QED) is 0.703. The molecular weight excluding hydrogens is 349 g/mol. The van der Waals surface area contributed by atoms with Crippen molar-refractivity contribution in [3.8, 4) is 0 Å². The van der Waals surface area contributed by atoms with Crippen molar-refractivity contribution in [2.24, 2.45) is 0 Å². The smallest absolute Gasteiger partial charge is 0.173 e. The number of benzene rings is 1. The van der Waals surface area contributed by atoms with Crippen LogP contribution in [0.5, 0.6) is 0 Å². The number of rotatable bonds is 3. The van der Waals surface area contributed by atoms with E-state index >= 15 is 0 Å². The van der Waals surface area contributed by atoms with Gasteiger partial charge in [0.05, 0.1) is 5.54 Å². The molecule has 5 nitrogen and oxygen atoms in total. The number of aromatic nitrogens is 4. The Morgan fingerprint density at radius 1 is 1.19 bits per heavy atom. The number of tetrazole rings is 1. The van der Waals surface area contributed by atoms with Crippen molar-refractivity contribution in [3.05, 3.63) is 63.4 Å². The highest BCUT2D eigenvalue weighted by molar-refractivity contribution is 7.10. The molecule has 3 aromatic rings. The molecule has 0 saturated heterocycles. The monoisotopic (exact) mass is 371 g/mol. The second-order valence-corrected chi connectivity index (χ2v) is 8.63. The third-order valence-electron chi connectivity index (χ3n) is 4.78. The Morgan fingerprint density at radius 3 is 2.77 bits per heavy atom. The van der Waals surface area contributed by atoms with Crippen molar-refractivity contribution in [2.45, 2.75) is 45.3 Å². The molecule has 3 heterocycles. The maximum atomic E-state index is 14.7. The van der Waals surface area contributed by atoms with Gasteiger partial charge in [-0.3, -0.25) is 4.90 Å². The minimum absolute atomic E-state index is 0.225. The molecule has 0 bridgehead atoms. The molecule has 1 unspecified atom stereocenters. The van der Waals surface area contributed by atoms with Crippen molar-refractivity contribution >= 4 is 11.3 Å². The number of fused-ring (bicyclic) bond motifs is 1. The van der Waals surface area contributed by atoms with Crippen LogP contribution in [0.15, 0.2) is 35.7 Å². The summed E-state index contributed by atoms with van der Waals surface area (Å²) < 4.78 is 16.6. The van der Waals surface area contributed by atoms with Gasteiger partial charge in [0.15, 0.2) is 5.82 Å². The lowest BCUT2D eigenvalue weighted by Gasteiger charge is -2.35. The van der Waals surface area contributed by atoms with Gasteiger partial charge in [0.1, 0.15) is 11.9 Å². The molecule has 7 heteroatoms. The van der Waals surface area contributed by atoms with Crippen LogP contribution in [0.25, 0.3) is 0 Å². The molecule has 0 radical (unpaired) electrons. The van der Waals surface area contributed by atoms with E-state index in [0.29, 0.717) is 11.4 Å². The van der Waals surface area contributed by atoms with Gasteiger partial charge in [-0.15, -0.1) is 16.4 Å². The Bertz CT molecular complexity index is 911. The van der Waals surface area contributed by atoms with Crippen LogP contribution in [-0.4, -0.2) is 31.7 Å². The molecule has 136 valence electrons. The van der Waals surface area contributed by atoms with E-state index < -0.39 is 0 Å². The molecular formula is C19H22FN5S. The van der Waals surface area contributed by atoms with Gasteiger partial charge in [0, 0.05) is 23.5 Å². The van der Waals surface area contributed by atoms with E-state index in [1.165, 1.54) is 16.5 Å². The molecule has 0 amide bonds. The van der Waals surface area contributed by atoms with E-state index in [4.69, 9.17) is 0 Å². The van der Waals surface area contributed by atoms with Gasteiger partial charge in [0.25, 0.3) is 0 Å². The molecule has 4 rings (SSSR count). The Kier molecular flexibility index (Phi) is 4.36. The molecule has 0 N–H and O–H groups in total. The van der Waals surface area contributed by atoms with E-state index in [-0.39, 0.29) is 17.4 Å². The van der Waals surface area contributed by atoms with Crippen LogP contribution in [0.1, 0.15) is 48.6 Å². The third-order valence-corrected chi connectivity index (χ3v) is 5.80. The first-order chi connectivity index (χ1) is 12.4. The minimum Gasteiger partial charge on any atom is -0.285 e. The first kappa shape index (κ1) is 17.3. The van der Waals surface area contributed by atoms with Crippen LogP contribution in [0, 0.1) is 5.82 Å². The average molecular weight is 371 g/mol. The van der Waals surface area contributed by atoms with Crippen LogP contribution < -0.4 is 0 Å². The fourth-order valence-corrected chi connectivity index (χ4v) is 4.42. The van der Waals surface area contributed by atoms with Crippen molar-refractivity contribution in [1.29, 1.82) is 0 Å². The van der Waals surface area contributed by atoms with Gasteiger partial charge in [0.2, 0.25) is 0 Å². The summed E-state index contributed by atoms with van der Waals surface area (Å²) in [5.41, 5.74) is 1.65. The Balaban J connectivity index is 1.82. The molecule has 26 heavy (non-hydrogen) atoms. The van der Waals surface area contributed by atoms with Gasteiger partial charge < -0.3 is 0 Å². The molecule has 1 aliphatic heterocycles. The number of nitrogens with zero attached hydrogens (tertiary/aromatic N) is 5. The second-order valence-electron chi connectivity index (χ2n) is 7.63. The zero-order valence-electron chi connectivity index (χ0n) is 15.2. The lowest BCUT2D eigenvalue weighted by atomic mass is 9.99. The zero-order chi connectivity index (χ0) is 18.3. The van der Waals surface area contributed by atoms with Crippen LogP contribution in [-0.2, 0) is 18.5 Å². The largest absolute Gasteiger partial charge is 0.285 e. The lowest BCUT2D eigenvalue weighted by molar-refractivity contribution is 0.184. The van der Waals surface area contributed by atoms with Crippen molar-refractivity contribution in [1.82, 2.24) is 25.1 Å². The molecule has 1 atom stereocenters. The molecule has 2 aromatic heterocycles. The fourth-order valence-electron chi connectivity index (χ4n) is 3.53. The van der Waals surface area contributed by atoms with E-state index in [9.17, 15) is 4.39 Å². The molecule has 0 aliphatic carbocycles. The molecule has 0 spiro atoms. The number of hydrogen-bond acceptors (Lipinski definition) is 5. The van der Waals surface area contributed by atoms with Gasteiger partial charge in [-0.25, -0.2) is 9.07 Å². The van der Waals surface area contributed by atoms with Gasteiger partial charge >= 0.3 is 0 Å². The topological polar surface area (TPSA) is 46.8 Å². The minimum atomic E-state index is -0.321. The summed E-state index contributed by atoms with van der Waals surface area (Å²) in [5, 5.41) is 14.6. The number of halogens is 1. The first-order valence-corrected chi connectivity index (χ1v) is 9.65. The summed E-state index contributed by atoms with van der Waals surface area (Å²) in [6.45, 7) is 7.79. The highest BCUT2D eigenvalue weighted by Gasteiger charge is 2.34. The standard InChI is InChI=1S/C19H22FN5S/c1-19(2,3)25-18(21-22-23-25)17(14-6-4-5-7-15(14)20)24-10-8-16-13(12-24)9-11-26-16/h4-7,9,11,17H,8,10,12H2,1-3H3. The van der Waals surface area contributed by atoms with Crippen LogP contribution in [0.2, 0.25) is 0 Å². The third kappa shape index (κ3) is 3.05. The molecule has 0 fully saturated rings. The number of thiophene rings is 1. The average Bonchev–Trinajstić information content (AvgIpc) is 3.25. The zero-order valence-corrected chi connectivity index (χ0v) is 16.0. The van der Waals surface area contributed by atoms with E-state index in [2.05, 4.69) is 52.6 Å². The highest BCUT2D eigenvalue weighted by Crippen LogP contribution is 2.35. The van der Waals surface area contributed by atoms with Gasteiger partial charge in [-0.05, 0) is 60.7 Å². The van der Waals surface area contributed by atoms with Crippen molar-refractivity contribution < 1.29 is 4.39 Å². The summed E-state index contributed by atoms with van der Waals surface area (Å²) in [5.74, 6) is 0.457. The Hall–Kier alpha value is -2.12.